The Morgan fingerprint density at radius 1 is 1.13 bits per heavy atom. The van der Waals surface area contributed by atoms with Crippen LogP contribution in [0.1, 0.15) is 57.0 Å². The first-order valence-electron chi connectivity index (χ1n) is 7.59. The van der Waals surface area contributed by atoms with Crippen molar-refractivity contribution in [3.63, 3.8) is 0 Å². The summed E-state index contributed by atoms with van der Waals surface area (Å²) in [7, 11) is -3.38. The van der Waals surface area contributed by atoms with Crippen LogP contribution in [0.25, 0.3) is 0 Å². The Balaban J connectivity index is 2.99. The molecule has 130 valence electrons. The van der Waals surface area contributed by atoms with E-state index in [1.165, 1.54) is 0 Å². The molecule has 1 aromatic carbocycles. The number of nitrogens with one attached hydrogen (secondary N) is 2. The summed E-state index contributed by atoms with van der Waals surface area (Å²) in [6.07, 6.45) is 1.91. The molecule has 1 aromatic rings. The fraction of sp³-hybridized carbons (Fsp3) is 0.588. The van der Waals surface area contributed by atoms with Crippen LogP contribution in [-0.2, 0) is 10.0 Å². The summed E-state index contributed by atoms with van der Waals surface area (Å²) in [5, 5.41) is 3.02. The molecule has 0 radical (unpaired) electrons. The molecule has 0 aliphatic carbocycles. The average Bonchev–Trinajstić information content (AvgIpc) is 2.25. The van der Waals surface area contributed by atoms with Gasteiger partial charge in [0, 0.05) is 11.1 Å². The number of rotatable bonds is 5. The Morgan fingerprint density at radius 3 is 2.17 bits per heavy atom. The molecule has 6 heteroatoms. The van der Waals surface area contributed by atoms with Crippen molar-refractivity contribution in [2.75, 3.05) is 11.0 Å². The highest BCUT2D eigenvalue weighted by atomic mass is 32.2. The maximum absolute atomic E-state index is 12.5. The zero-order chi connectivity index (χ0) is 18.1. The van der Waals surface area contributed by atoms with Gasteiger partial charge < -0.3 is 5.32 Å². The molecule has 0 atom stereocenters. The van der Waals surface area contributed by atoms with E-state index in [9.17, 15) is 13.2 Å². The van der Waals surface area contributed by atoms with E-state index in [1.54, 1.807) is 25.1 Å². The topological polar surface area (TPSA) is 75.3 Å². The number of sulfonamides is 1. The third kappa shape index (κ3) is 7.03. The normalized spacial score (nSPS) is 12.8. The minimum Gasteiger partial charge on any atom is -0.347 e. The van der Waals surface area contributed by atoms with Gasteiger partial charge in [0.05, 0.1) is 11.9 Å². The number of carbonyl (C=O) groups excluding carboxylic acids is 1. The van der Waals surface area contributed by atoms with Gasteiger partial charge in [0.15, 0.2) is 0 Å². The molecule has 1 amide bonds. The SMILES string of the molecule is Cc1ccc(C(=O)NC(C)(C)CC(C)(C)C)cc1NS(C)(=O)=O. The van der Waals surface area contributed by atoms with Crippen LogP contribution in [0.4, 0.5) is 5.69 Å². The first-order valence-corrected chi connectivity index (χ1v) is 9.49. The van der Waals surface area contributed by atoms with E-state index in [-0.39, 0.29) is 16.9 Å². The minimum atomic E-state index is -3.38. The van der Waals surface area contributed by atoms with Crippen LogP contribution >= 0.6 is 0 Å². The Kier molecular flexibility index (Phi) is 5.52. The van der Waals surface area contributed by atoms with Crippen LogP contribution in [0.15, 0.2) is 18.2 Å². The lowest BCUT2D eigenvalue weighted by atomic mass is 9.81. The van der Waals surface area contributed by atoms with Crippen molar-refractivity contribution in [3.8, 4) is 0 Å². The van der Waals surface area contributed by atoms with Gasteiger partial charge >= 0.3 is 0 Å². The summed E-state index contributed by atoms with van der Waals surface area (Å²) < 4.78 is 25.3. The highest BCUT2D eigenvalue weighted by Crippen LogP contribution is 2.27. The summed E-state index contributed by atoms with van der Waals surface area (Å²) in [5.74, 6) is -0.212. The second-order valence-corrected chi connectivity index (χ2v) is 9.73. The standard InChI is InChI=1S/C17H28N2O3S/c1-12-8-9-13(10-14(12)19-23(7,21)22)15(20)18-17(5,6)11-16(2,3)4/h8-10,19H,11H2,1-7H3,(H,18,20). The zero-order valence-corrected chi connectivity index (χ0v) is 15.9. The molecule has 0 fully saturated rings. The van der Waals surface area contributed by atoms with Gasteiger partial charge in [0.25, 0.3) is 5.91 Å². The van der Waals surface area contributed by atoms with E-state index in [1.807, 2.05) is 13.8 Å². The smallest absolute Gasteiger partial charge is 0.251 e. The van der Waals surface area contributed by atoms with Gasteiger partial charge in [0.2, 0.25) is 10.0 Å². The molecule has 2 N–H and O–H groups in total. The minimum absolute atomic E-state index is 0.0903. The Bertz CT molecular complexity index is 686. The van der Waals surface area contributed by atoms with E-state index in [4.69, 9.17) is 0 Å². The fourth-order valence-electron chi connectivity index (χ4n) is 2.82. The third-order valence-electron chi connectivity index (χ3n) is 3.22. The zero-order valence-electron chi connectivity index (χ0n) is 15.1. The lowest BCUT2D eigenvalue weighted by molar-refractivity contribution is 0.0891. The van der Waals surface area contributed by atoms with Crippen LogP contribution < -0.4 is 10.0 Å². The van der Waals surface area contributed by atoms with Crippen LogP contribution in [-0.4, -0.2) is 26.1 Å². The Labute approximate surface area is 139 Å². The van der Waals surface area contributed by atoms with Gasteiger partial charge in [-0.05, 0) is 50.3 Å². The third-order valence-corrected chi connectivity index (χ3v) is 3.81. The molecule has 5 nitrogen and oxygen atoms in total. The molecule has 0 saturated carbocycles. The molecule has 0 aliphatic heterocycles. The number of aryl methyl sites for hydroxylation is 1. The predicted molar refractivity (Wildman–Crippen MR) is 95.3 cm³/mol. The summed E-state index contributed by atoms with van der Waals surface area (Å²) in [6, 6.07) is 5.00. The van der Waals surface area contributed by atoms with Crippen molar-refractivity contribution in [1.29, 1.82) is 0 Å². The van der Waals surface area contributed by atoms with Crippen molar-refractivity contribution in [3.05, 3.63) is 29.3 Å². The lowest BCUT2D eigenvalue weighted by Crippen LogP contribution is -2.45. The van der Waals surface area contributed by atoms with Crippen LogP contribution in [0, 0.1) is 12.3 Å². The van der Waals surface area contributed by atoms with E-state index in [2.05, 4.69) is 30.8 Å². The van der Waals surface area contributed by atoms with Gasteiger partial charge in [-0.15, -0.1) is 0 Å². The molecule has 0 bridgehead atoms. The fourth-order valence-corrected chi connectivity index (χ4v) is 3.44. The van der Waals surface area contributed by atoms with E-state index in [0.717, 1.165) is 18.2 Å². The number of amides is 1. The largest absolute Gasteiger partial charge is 0.347 e. The van der Waals surface area contributed by atoms with Gasteiger partial charge in [-0.2, -0.15) is 0 Å². The quantitative estimate of drug-likeness (QED) is 0.863. The molecule has 0 aliphatic rings. The lowest BCUT2D eigenvalue weighted by Gasteiger charge is -2.33. The Hall–Kier alpha value is -1.56. The molecular weight excluding hydrogens is 312 g/mol. The average molecular weight is 340 g/mol. The highest BCUT2D eigenvalue weighted by molar-refractivity contribution is 7.92. The molecule has 0 aromatic heterocycles. The van der Waals surface area contributed by atoms with E-state index < -0.39 is 10.0 Å². The second-order valence-electron chi connectivity index (χ2n) is 7.98. The van der Waals surface area contributed by atoms with Crippen molar-refractivity contribution in [1.82, 2.24) is 5.32 Å². The monoisotopic (exact) mass is 340 g/mol. The van der Waals surface area contributed by atoms with Crippen LogP contribution in [0.5, 0.6) is 0 Å². The molecule has 23 heavy (non-hydrogen) atoms. The van der Waals surface area contributed by atoms with Crippen molar-refractivity contribution >= 4 is 21.6 Å². The molecule has 0 spiro atoms. The summed E-state index contributed by atoms with van der Waals surface area (Å²) >= 11 is 0. The second kappa shape index (κ2) is 6.51. The number of carbonyl (C=O) groups is 1. The molecule has 0 saturated heterocycles. The first-order chi connectivity index (χ1) is 10.2. The van der Waals surface area contributed by atoms with Gasteiger partial charge in [-0.25, -0.2) is 8.42 Å². The maximum Gasteiger partial charge on any atom is 0.251 e. The van der Waals surface area contributed by atoms with E-state index in [0.29, 0.717) is 11.3 Å². The van der Waals surface area contributed by atoms with Crippen LogP contribution in [0.3, 0.4) is 0 Å². The number of hydrogen-bond acceptors (Lipinski definition) is 3. The van der Waals surface area contributed by atoms with Gasteiger partial charge in [-0.1, -0.05) is 26.8 Å². The number of anilines is 1. The molecule has 0 unspecified atom stereocenters. The molecule has 1 rings (SSSR count). The Morgan fingerprint density at radius 2 is 1.70 bits per heavy atom. The maximum atomic E-state index is 12.5. The predicted octanol–water partition coefficient (Wildman–Crippen LogP) is 3.31. The summed E-state index contributed by atoms with van der Waals surface area (Å²) in [4.78, 5) is 12.5. The van der Waals surface area contributed by atoms with E-state index >= 15 is 0 Å². The van der Waals surface area contributed by atoms with Crippen LogP contribution in [0.2, 0.25) is 0 Å². The molecular formula is C17H28N2O3S. The number of benzene rings is 1. The van der Waals surface area contributed by atoms with Gasteiger partial charge in [0.1, 0.15) is 0 Å². The highest BCUT2D eigenvalue weighted by Gasteiger charge is 2.27. The van der Waals surface area contributed by atoms with Crippen molar-refractivity contribution in [2.45, 2.75) is 53.5 Å². The molecule has 0 heterocycles. The summed E-state index contributed by atoms with van der Waals surface area (Å²) in [6.45, 7) is 12.1. The first kappa shape index (κ1) is 19.5. The van der Waals surface area contributed by atoms with Crippen molar-refractivity contribution < 1.29 is 13.2 Å². The van der Waals surface area contributed by atoms with Crippen molar-refractivity contribution in [2.24, 2.45) is 5.41 Å². The summed E-state index contributed by atoms with van der Waals surface area (Å²) in [5.41, 5.74) is 1.36. The van der Waals surface area contributed by atoms with Gasteiger partial charge in [-0.3, -0.25) is 9.52 Å². The number of hydrogen-bond donors (Lipinski definition) is 2.